The van der Waals surface area contributed by atoms with Gasteiger partial charge in [0.05, 0.1) is 17.8 Å². The molecule has 0 saturated heterocycles. The number of rotatable bonds is 4. The van der Waals surface area contributed by atoms with Crippen molar-refractivity contribution < 1.29 is 0 Å². The molecule has 0 spiro atoms. The third-order valence-corrected chi connectivity index (χ3v) is 3.54. The van der Waals surface area contributed by atoms with Crippen molar-refractivity contribution in [1.29, 1.82) is 0 Å². The van der Waals surface area contributed by atoms with E-state index < -0.39 is 0 Å². The molecule has 0 radical (unpaired) electrons. The van der Waals surface area contributed by atoms with Crippen LogP contribution < -0.4 is 5.73 Å². The minimum absolute atomic E-state index is 0.196. The molecule has 104 valence electrons. The van der Waals surface area contributed by atoms with Crippen LogP contribution in [0.15, 0.2) is 42.7 Å². The Kier molecular flexibility index (Phi) is 3.32. The second kappa shape index (κ2) is 5.13. The first-order valence-corrected chi connectivity index (χ1v) is 6.94. The Morgan fingerprint density at radius 2 is 2.05 bits per heavy atom. The zero-order chi connectivity index (χ0) is 14.1. The molecule has 2 aromatic heterocycles. The van der Waals surface area contributed by atoms with Crippen LogP contribution >= 0.6 is 0 Å². The summed E-state index contributed by atoms with van der Waals surface area (Å²) < 4.78 is 4.11. The van der Waals surface area contributed by atoms with Gasteiger partial charge in [-0.25, -0.2) is 0 Å². The lowest BCUT2D eigenvalue weighted by Gasteiger charge is -2.02. The molecule has 2 heterocycles. The van der Waals surface area contributed by atoms with Gasteiger partial charge in [-0.05, 0) is 31.0 Å². The molecule has 20 heavy (non-hydrogen) atoms. The normalized spacial score (nSPS) is 12.9. The summed E-state index contributed by atoms with van der Waals surface area (Å²) in [5.74, 6) is 0. The second-order valence-electron chi connectivity index (χ2n) is 5.46. The van der Waals surface area contributed by atoms with Crippen LogP contribution in [0.2, 0.25) is 0 Å². The summed E-state index contributed by atoms with van der Waals surface area (Å²) in [7, 11) is 1.99. The Bertz CT molecular complexity index is 721. The third kappa shape index (κ3) is 2.47. The molecular weight excluding hydrogens is 248 g/mol. The van der Waals surface area contributed by atoms with E-state index in [-0.39, 0.29) is 6.04 Å². The van der Waals surface area contributed by atoms with Crippen LogP contribution in [0.1, 0.15) is 18.2 Å². The number of nitrogens with zero attached hydrogens (tertiary/aromatic N) is 3. The molecule has 0 amide bonds. The number of aryl methyl sites for hydroxylation is 1. The van der Waals surface area contributed by atoms with Crippen LogP contribution in [0.5, 0.6) is 0 Å². The number of nitrogens with two attached hydrogens (primary N) is 1. The third-order valence-electron chi connectivity index (χ3n) is 3.54. The number of fused-ring (bicyclic) bond motifs is 1. The maximum Gasteiger partial charge on any atom is 0.0900 e. The van der Waals surface area contributed by atoms with Crippen LogP contribution in [-0.2, 0) is 20.0 Å². The fourth-order valence-corrected chi connectivity index (χ4v) is 2.66. The maximum absolute atomic E-state index is 5.84. The van der Waals surface area contributed by atoms with Crippen molar-refractivity contribution in [3.8, 4) is 0 Å². The zero-order valence-electron chi connectivity index (χ0n) is 12.0. The molecule has 1 unspecified atom stereocenters. The van der Waals surface area contributed by atoms with Gasteiger partial charge in [0.15, 0.2) is 0 Å². The minimum atomic E-state index is 0.196. The van der Waals surface area contributed by atoms with E-state index in [4.69, 9.17) is 5.73 Å². The van der Waals surface area contributed by atoms with Gasteiger partial charge >= 0.3 is 0 Å². The fourth-order valence-electron chi connectivity index (χ4n) is 2.66. The summed E-state index contributed by atoms with van der Waals surface area (Å²) >= 11 is 0. The van der Waals surface area contributed by atoms with Crippen molar-refractivity contribution in [3.05, 3.63) is 54.0 Å². The summed E-state index contributed by atoms with van der Waals surface area (Å²) in [6, 6.07) is 10.7. The zero-order valence-corrected chi connectivity index (χ0v) is 12.0. The molecular formula is C16H20N4. The molecule has 0 aliphatic heterocycles. The standard InChI is InChI=1S/C16H20N4/c1-12(17)9-13-7-8-20(10-13)11-15-14-5-3-4-6-16(14)19(2)18-15/h3-8,10,12H,9,11,17H2,1-2H3. The molecule has 1 aromatic carbocycles. The van der Waals surface area contributed by atoms with Gasteiger partial charge in [0.1, 0.15) is 0 Å². The topological polar surface area (TPSA) is 48.8 Å². The van der Waals surface area contributed by atoms with Crippen molar-refractivity contribution >= 4 is 10.9 Å². The fraction of sp³-hybridized carbons (Fsp3) is 0.312. The average molecular weight is 268 g/mol. The molecule has 0 aliphatic rings. The highest BCUT2D eigenvalue weighted by atomic mass is 15.3. The van der Waals surface area contributed by atoms with Gasteiger partial charge in [-0.3, -0.25) is 4.68 Å². The number of para-hydroxylation sites is 1. The Morgan fingerprint density at radius 1 is 1.25 bits per heavy atom. The summed E-state index contributed by atoms with van der Waals surface area (Å²) in [4.78, 5) is 0. The van der Waals surface area contributed by atoms with E-state index in [2.05, 4.69) is 46.3 Å². The molecule has 3 aromatic rings. The van der Waals surface area contributed by atoms with E-state index in [0.717, 1.165) is 18.7 Å². The average Bonchev–Trinajstić information content (AvgIpc) is 2.96. The Balaban J connectivity index is 1.88. The summed E-state index contributed by atoms with van der Waals surface area (Å²) in [6.07, 6.45) is 5.17. The lowest BCUT2D eigenvalue weighted by Crippen LogP contribution is -2.17. The Labute approximate surface area is 118 Å². The van der Waals surface area contributed by atoms with Gasteiger partial charge in [0, 0.05) is 30.9 Å². The number of aromatic nitrogens is 3. The molecule has 3 rings (SSSR count). The molecule has 0 bridgehead atoms. The largest absolute Gasteiger partial charge is 0.348 e. The first-order chi connectivity index (χ1) is 9.63. The van der Waals surface area contributed by atoms with Gasteiger partial charge in [-0.15, -0.1) is 0 Å². The highest BCUT2D eigenvalue weighted by Crippen LogP contribution is 2.18. The van der Waals surface area contributed by atoms with E-state index in [1.54, 1.807) is 0 Å². The highest BCUT2D eigenvalue weighted by Gasteiger charge is 2.08. The van der Waals surface area contributed by atoms with Crippen LogP contribution in [-0.4, -0.2) is 20.4 Å². The Hall–Kier alpha value is -2.07. The van der Waals surface area contributed by atoms with Gasteiger partial charge in [0.25, 0.3) is 0 Å². The predicted molar refractivity (Wildman–Crippen MR) is 81.6 cm³/mol. The SMILES string of the molecule is CC(N)Cc1ccn(Cc2nn(C)c3ccccc23)c1. The van der Waals surface area contributed by atoms with Crippen molar-refractivity contribution in [1.82, 2.24) is 14.3 Å². The van der Waals surface area contributed by atoms with Gasteiger partial charge < -0.3 is 10.3 Å². The van der Waals surface area contributed by atoms with Gasteiger partial charge in [-0.1, -0.05) is 18.2 Å². The van der Waals surface area contributed by atoms with Crippen molar-refractivity contribution in [2.45, 2.75) is 25.9 Å². The molecule has 0 fully saturated rings. The summed E-state index contributed by atoms with van der Waals surface area (Å²) in [5.41, 5.74) is 9.39. The van der Waals surface area contributed by atoms with Gasteiger partial charge in [0.2, 0.25) is 0 Å². The van der Waals surface area contributed by atoms with Crippen molar-refractivity contribution in [2.24, 2.45) is 12.8 Å². The molecule has 0 saturated carbocycles. The molecule has 4 heteroatoms. The van der Waals surface area contributed by atoms with E-state index in [1.165, 1.54) is 16.5 Å². The number of benzene rings is 1. The summed E-state index contributed by atoms with van der Waals surface area (Å²) in [5, 5.41) is 5.85. The number of hydrogen-bond donors (Lipinski definition) is 1. The van der Waals surface area contributed by atoms with E-state index in [9.17, 15) is 0 Å². The van der Waals surface area contributed by atoms with E-state index in [0.29, 0.717) is 0 Å². The lowest BCUT2D eigenvalue weighted by molar-refractivity contribution is 0.712. The van der Waals surface area contributed by atoms with E-state index in [1.807, 2.05) is 24.7 Å². The monoisotopic (exact) mass is 268 g/mol. The minimum Gasteiger partial charge on any atom is -0.348 e. The molecule has 4 nitrogen and oxygen atoms in total. The number of hydrogen-bond acceptors (Lipinski definition) is 2. The quantitative estimate of drug-likeness (QED) is 0.789. The molecule has 0 aliphatic carbocycles. The van der Waals surface area contributed by atoms with Crippen LogP contribution in [0.3, 0.4) is 0 Å². The predicted octanol–water partition coefficient (Wildman–Crippen LogP) is 2.31. The van der Waals surface area contributed by atoms with E-state index >= 15 is 0 Å². The molecule has 1 atom stereocenters. The summed E-state index contributed by atoms with van der Waals surface area (Å²) in [6.45, 7) is 2.82. The lowest BCUT2D eigenvalue weighted by atomic mass is 10.1. The highest BCUT2D eigenvalue weighted by molar-refractivity contribution is 5.81. The van der Waals surface area contributed by atoms with Crippen LogP contribution in [0.25, 0.3) is 10.9 Å². The van der Waals surface area contributed by atoms with Crippen molar-refractivity contribution in [3.63, 3.8) is 0 Å². The smallest absolute Gasteiger partial charge is 0.0900 e. The van der Waals surface area contributed by atoms with Crippen LogP contribution in [0.4, 0.5) is 0 Å². The first kappa shape index (κ1) is 12.9. The first-order valence-electron chi connectivity index (χ1n) is 6.94. The van der Waals surface area contributed by atoms with Crippen LogP contribution in [0, 0.1) is 0 Å². The second-order valence-corrected chi connectivity index (χ2v) is 5.46. The maximum atomic E-state index is 5.84. The Morgan fingerprint density at radius 3 is 2.85 bits per heavy atom. The van der Waals surface area contributed by atoms with Gasteiger partial charge in [-0.2, -0.15) is 5.10 Å². The molecule has 2 N–H and O–H groups in total. The van der Waals surface area contributed by atoms with Crippen molar-refractivity contribution in [2.75, 3.05) is 0 Å².